The number of halogens is 1. The van der Waals surface area contributed by atoms with Gasteiger partial charge in [0.1, 0.15) is 5.60 Å². The summed E-state index contributed by atoms with van der Waals surface area (Å²) in [4.78, 5) is 0. The maximum absolute atomic E-state index is 10.8. The summed E-state index contributed by atoms with van der Waals surface area (Å²) >= 11 is 5.84. The first-order valence-corrected chi connectivity index (χ1v) is 6.29. The molecule has 0 heterocycles. The summed E-state index contributed by atoms with van der Waals surface area (Å²) in [6.45, 7) is 1.74. The average Bonchev–Trinajstić information content (AvgIpc) is 2.79. The summed E-state index contributed by atoms with van der Waals surface area (Å²) < 4.78 is 0. The van der Waals surface area contributed by atoms with Crippen LogP contribution in [-0.4, -0.2) is 5.11 Å². The Morgan fingerprint density at radius 3 is 2.29 bits per heavy atom. The molecule has 17 heavy (non-hydrogen) atoms. The van der Waals surface area contributed by atoms with E-state index in [2.05, 4.69) is 6.07 Å². The largest absolute Gasteiger partial charge is 0.384 e. The molecule has 1 aromatic carbocycles. The lowest BCUT2D eigenvalue weighted by Gasteiger charge is -2.37. The van der Waals surface area contributed by atoms with E-state index in [0.717, 1.165) is 31.2 Å². The van der Waals surface area contributed by atoms with Crippen molar-refractivity contribution in [3.05, 3.63) is 34.9 Å². The van der Waals surface area contributed by atoms with Crippen LogP contribution < -0.4 is 0 Å². The highest BCUT2D eigenvalue weighted by Crippen LogP contribution is 2.50. The zero-order chi connectivity index (χ0) is 12.5. The summed E-state index contributed by atoms with van der Waals surface area (Å²) in [7, 11) is 0. The highest BCUT2D eigenvalue weighted by atomic mass is 35.5. The Bertz CT molecular complexity index is 438. The van der Waals surface area contributed by atoms with E-state index >= 15 is 0 Å². The molecule has 0 amide bonds. The molecule has 2 rings (SSSR count). The van der Waals surface area contributed by atoms with E-state index in [1.165, 1.54) is 0 Å². The fourth-order valence-electron chi connectivity index (χ4n) is 2.74. The van der Waals surface area contributed by atoms with Gasteiger partial charge >= 0.3 is 0 Å². The van der Waals surface area contributed by atoms with Gasteiger partial charge in [0.05, 0.1) is 11.5 Å². The molecule has 0 spiro atoms. The molecule has 0 aliphatic heterocycles. The van der Waals surface area contributed by atoms with Crippen LogP contribution >= 0.6 is 11.6 Å². The molecule has 3 heteroatoms. The van der Waals surface area contributed by atoms with E-state index in [-0.39, 0.29) is 0 Å². The smallest absolute Gasteiger partial charge is 0.105 e. The lowest BCUT2D eigenvalue weighted by Crippen LogP contribution is -2.40. The van der Waals surface area contributed by atoms with Crippen molar-refractivity contribution in [2.45, 2.75) is 38.2 Å². The summed E-state index contributed by atoms with van der Waals surface area (Å²) in [5.41, 5.74) is -0.991. The highest BCUT2D eigenvalue weighted by Gasteiger charge is 2.50. The van der Waals surface area contributed by atoms with Gasteiger partial charge in [-0.1, -0.05) is 36.6 Å². The molecule has 1 aliphatic carbocycles. The monoisotopic (exact) mass is 249 g/mol. The van der Waals surface area contributed by atoms with E-state index in [0.29, 0.717) is 5.02 Å². The molecule has 1 N–H and O–H groups in total. The number of benzene rings is 1. The molecule has 1 saturated carbocycles. The Balaban J connectivity index is 2.41. The number of nitriles is 1. The van der Waals surface area contributed by atoms with Crippen LogP contribution in [0.25, 0.3) is 0 Å². The Morgan fingerprint density at radius 2 is 1.82 bits per heavy atom. The van der Waals surface area contributed by atoms with Crippen LogP contribution in [0.2, 0.25) is 5.02 Å². The quantitative estimate of drug-likeness (QED) is 0.870. The van der Waals surface area contributed by atoms with E-state index in [1.807, 2.05) is 0 Å². The summed E-state index contributed by atoms with van der Waals surface area (Å²) in [6, 6.07) is 9.47. The summed E-state index contributed by atoms with van der Waals surface area (Å²) in [6.07, 6.45) is 3.55. The van der Waals surface area contributed by atoms with Gasteiger partial charge in [0.15, 0.2) is 0 Å². The molecule has 0 bridgehead atoms. The predicted molar refractivity (Wildman–Crippen MR) is 67.5 cm³/mol. The van der Waals surface area contributed by atoms with Crippen LogP contribution in [0.3, 0.4) is 0 Å². The van der Waals surface area contributed by atoms with Gasteiger partial charge in [-0.05, 0) is 37.5 Å². The Labute approximate surface area is 107 Å². The van der Waals surface area contributed by atoms with Crippen molar-refractivity contribution in [3.8, 4) is 6.07 Å². The van der Waals surface area contributed by atoms with Gasteiger partial charge in [-0.15, -0.1) is 0 Å². The molecule has 1 atom stereocenters. The number of aliphatic hydroxyl groups is 1. The third kappa shape index (κ3) is 1.94. The molecule has 1 fully saturated rings. The zero-order valence-electron chi connectivity index (χ0n) is 9.91. The first kappa shape index (κ1) is 12.4. The molecule has 0 saturated heterocycles. The maximum atomic E-state index is 10.8. The van der Waals surface area contributed by atoms with Crippen molar-refractivity contribution < 1.29 is 5.11 Å². The van der Waals surface area contributed by atoms with Gasteiger partial charge in [-0.2, -0.15) is 5.26 Å². The molecule has 0 aromatic heterocycles. The molecule has 1 aliphatic rings. The van der Waals surface area contributed by atoms with E-state index < -0.39 is 11.0 Å². The van der Waals surface area contributed by atoms with Gasteiger partial charge in [0, 0.05) is 5.02 Å². The standard InChI is InChI=1S/C14H16ClNO/c1-13(17,11-4-6-12(15)7-5-11)14(10-16)8-2-3-9-14/h4-7,17H,2-3,8-9H2,1H3. The molecular formula is C14H16ClNO. The fraction of sp³-hybridized carbons (Fsp3) is 0.500. The van der Waals surface area contributed by atoms with Crippen LogP contribution in [-0.2, 0) is 5.60 Å². The van der Waals surface area contributed by atoms with E-state index in [4.69, 9.17) is 11.6 Å². The predicted octanol–water partition coefficient (Wildman–Crippen LogP) is 3.63. The van der Waals surface area contributed by atoms with Crippen molar-refractivity contribution in [2.24, 2.45) is 5.41 Å². The number of nitrogens with zero attached hydrogens (tertiary/aromatic N) is 1. The van der Waals surface area contributed by atoms with Crippen molar-refractivity contribution in [1.82, 2.24) is 0 Å². The topological polar surface area (TPSA) is 44.0 Å². The lowest BCUT2D eigenvalue weighted by molar-refractivity contribution is -0.0422. The highest BCUT2D eigenvalue weighted by molar-refractivity contribution is 6.30. The third-order valence-electron chi connectivity index (χ3n) is 4.01. The molecule has 1 aromatic rings. The van der Waals surface area contributed by atoms with Crippen LogP contribution in [0, 0.1) is 16.7 Å². The van der Waals surface area contributed by atoms with Gasteiger partial charge < -0.3 is 5.11 Å². The maximum Gasteiger partial charge on any atom is 0.105 e. The van der Waals surface area contributed by atoms with Gasteiger partial charge in [0.2, 0.25) is 0 Å². The fourth-order valence-corrected chi connectivity index (χ4v) is 2.86. The second-order valence-electron chi connectivity index (χ2n) is 4.98. The summed E-state index contributed by atoms with van der Waals surface area (Å²) in [5, 5.41) is 20.8. The second-order valence-corrected chi connectivity index (χ2v) is 5.42. The van der Waals surface area contributed by atoms with E-state index in [1.54, 1.807) is 31.2 Å². The van der Waals surface area contributed by atoms with E-state index in [9.17, 15) is 10.4 Å². The number of hydrogen-bond donors (Lipinski definition) is 1. The Hall–Kier alpha value is -1.04. The normalized spacial score (nSPS) is 21.8. The number of hydrogen-bond acceptors (Lipinski definition) is 2. The summed E-state index contributed by atoms with van der Waals surface area (Å²) in [5.74, 6) is 0. The van der Waals surface area contributed by atoms with Crippen molar-refractivity contribution in [3.63, 3.8) is 0 Å². The molecular weight excluding hydrogens is 234 g/mol. The van der Waals surface area contributed by atoms with Gasteiger partial charge in [-0.25, -0.2) is 0 Å². The molecule has 2 nitrogen and oxygen atoms in total. The van der Waals surface area contributed by atoms with Crippen molar-refractivity contribution in [2.75, 3.05) is 0 Å². The van der Waals surface area contributed by atoms with Crippen LogP contribution in [0.4, 0.5) is 0 Å². The zero-order valence-corrected chi connectivity index (χ0v) is 10.7. The second kappa shape index (κ2) is 4.33. The first-order valence-electron chi connectivity index (χ1n) is 5.91. The van der Waals surface area contributed by atoms with Gasteiger partial charge in [-0.3, -0.25) is 0 Å². The van der Waals surface area contributed by atoms with Crippen LogP contribution in [0.15, 0.2) is 24.3 Å². The molecule has 0 radical (unpaired) electrons. The first-order chi connectivity index (χ1) is 8.02. The van der Waals surface area contributed by atoms with Crippen LogP contribution in [0.1, 0.15) is 38.2 Å². The minimum atomic E-state index is -1.11. The lowest BCUT2D eigenvalue weighted by atomic mass is 9.69. The third-order valence-corrected chi connectivity index (χ3v) is 4.26. The molecule has 90 valence electrons. The minimum absolute atomic E-state index is 0.641. The Kier molecular flexibility index (Phi) is 3.16. The molecule has 1 unspecified atom stereocenters. The average molecular weight is 250 g/mol. The Morgan fingerprint density at radius 1 is 1.29 bits per heavy atom. The number of rotatable bonds is 2. The van der Waals surface area contributed by atoms with Gasteiger partial charge in [0.25, 0.3) is 0 Å². The minimum Gasteiger partial charge on any atom is -0.384 e. The van der Waals surface area contributed by atoms with Crippen LogP contribution in [0.5, 0.6) is 0 Å². The van der Waals surface area contributed by atoms with Crippen molar-refractivity contribution in [1.29, 1.82) is 5.26 Å². The van der Waals surface area contributed by atoms with Crippen molar-refractivity contribution >= 4 is 11.6 Å². The SMILES string of the molecule is CC(O)(c1ccc(Cl)cc1)C1(C#N)CCCC1.